The Balaban J connectivity index is 2.35. The molecule has 2 aromatic rings. The molecule has 1 atom stereocenters. The van der Waals surface area contributed by atoms with E-state index in [0.717, 1.165) is 5.56 Å². The molecular weight excluding hydrogens is 442 g/mol. The van der Waals surface area contributed by atoms with Gasteiger partial charge in [-0.3, -0.25) is 9.59 Å². The van der Waals surface area contributed by atoms with Gasteiger partial charge in [0.1, 0.15) is 18.2 Å². The number of rotatable bonds is 7. The highest BCUT2D eigenvalue weighted by Gasteiger charge is 2.38. The molecular formula is C28H35N3O4. The van der Waals surface area contributed by atoms with Crippen LogP contribution in [0.5, 0.6) is 0 Å². The fourth-order valence-electron chi connectivity index (χ4n) is 3.51. The molecule has 2 aromatic carbocycles. The number of nitrogens with one attached hydrogen (secondary N) is 2. The third kappa shape index (κ3) is 8.49. The molecule has 0 spiro atoms. The van der Waals surface area contributed by atoms with Gasteiger partial charge in [-0.05, 0) is 64.8 Å². The lowest BCUT2D eigenvalue weighted by molar-refractivity contribution is -0.146. The van der Waals surface area contributed by atoms with Crippen LogP contribution in [0.4, 0.5) is 4.79 Å². The van der Waals surface area contributed by atoms with Gasteiger partial charge in [0.2, 0.25) is 11.8 Å². The minimum Gasteiger partial charge on any atom is -0.444 e. The van der Waals surface area contributed by atoms with Crippen LogP contribution in [0, 0.1) is 12.3 Å². The fourth-order valence-corrected chi connectivity index (χ4v) is 3.51. The third-order valence-corrected chi connectivity index (χ3v) is 4.98. The average molecular weight is 478 g/mol. The van der Waals surface area contributed by atoms with Gasteiger partial charge in [-0.15, -0.1) is 6.42 Å². The van der Waals surface area contributed by atoms with E-state index in [4.69, 9.17) is 11.2 Å². The molecule has 0 saturated carbocycles. The molecule has 0 aliphatic heterocycles. The highest BCUT2D eigenvalue weighted by atomic mass is 16.6. The molecule has 0 fully saturated rings. The minimum atomic E-state index is -0.946. The van der Waals surface area contributed by atoms with E-state index < -0.39 is 29.2 Å². The summed E-state index contributed by atoms with van der Waals surface area (Å²) in [6.45, 7) is 10.7. The first-order valence-corrected chi connectivity index (χ1v) is 11.5. The first kappa shape index (κ1) is 27.5. The fraction of sp³-hybridized carbons (Fsp3) is 0.393. The number of nitrogens with zero attached hydrogens (tertiary/aromatic N) is 1. The predicted octanol–water partition coefficient (Wildman–Crippen LogP) is 4.18. The van der Waals surface area contributed by atoms with Gasteiger partial charge in [0.15, 0.2) is 0 Å². The maximum absolute atomic E-state index is 13.5. The van der Waals surface area contributed by atoms with E-state index >= 15 is 0 Å². The van der Waals surface area contributed by atoms with Crippen molar-refractivity contribution in [2.24, 2.45) is 0 Å². The summed E-state index contributed by atoms with van der Waals surface area (Å²) in [4.78, 5) is 40.6. The zero-order chi connectivity index (χ0) is 26.2. The number of alkyl carbamates (subject to hydrolysis) is 1. The van der Waals surface area contributed by atoms with Crippen molar-refractivity contribution in [1.29, 1.82) is 0 Å². The first-order chi connectivity index (χ1) is 16.3. The average Bonchev–Trinajstić information content (AvgIpc) is 2.78. The second-order valence-electron chi connectivity index (χ2n) is 10.2. The van der Waals surface area contributed by atoms with Crippen molar-refractivity contribution < 1.29 is 19.1 Å². The molecule has 0 aliphatic carbocycles. The number of benzene rings is 2. The standard InChI is InChI=1S/C28H35N3O4/c1-8-20-14-16-22(17-15-20)24(25(33)29-18-21-12-10-9-11-13-21)31(27(2,3)4)23(32)19-30-26(34)35-28(5,6)7/h1,9-17,24H,18-19H2,2-7H3,(H,29,33)(H,30,34). The summed E-state index contributed by atoms with van der Waals surface area (Å²) in [5, 5.41) is 5.45. The Labute approximate surface area is 208 Å². The zero-order valence-electron chi connectivity index (χ0n) is 21.3. The molecule has 7 nitrogen and oxygen atoms in total. The summed E-state index contributed by atoms with van der Waals surface area (Å²) in [7, 11) is 0. The van der Waals surface area contributed by atoms with Crippen LogP contribution in [-0.4, -0.2) is 40.5 Å². The Hall–Kier alpha value is -3.79. The maximum Gasteiger partial charge on any atom is 0.408 e. The van der Waals surface area contributed by atoms with Crippen LogP contribution in [0.25, 0.3) is 0 Å². The van der Waals surface area contributed by atoms with Crippen molar-refractivity contribution >= 4 is 17.9 Å². The summed E-state index contributed by atoms with van der Waals surface area (Å²) in [5.41, 5.74) is 0.761. The predicted molar refractivity (Wildman–Crippen MR) is 136 cm³/mol. The van der Waals surface area contributed by atoms with Crippen molar-refractivity contribution in [3.8, 4) is 12.3 Å². The van der Waals surface area contributed by atoms with Crippen LogP contribution in [0.1, 0.15) is 64.3 Å². The summed E-state index contributed by atoms with van der Waals surface area (Å²) in [6, 6.07) is 15.5. The Morgan fingerprint density at radius 2 is 1.54 bits per heavy atom. The topological polar surface area (TPSA) is 87.7 Å². The van der Waals surface area contributed by atoms with E-state index in [1.807, 2.05) is 51.1 Å². The van der Waals surface area contributed by atoms with Crippen LogP contribution in [0.3, 0.4) is 0 Å². The molecule has 3 amide bonds. The van der Waals surface area contributed by atoms with E-state index in [1.165, 1.54) is 4.90 Å². The second-order valence-corrected chi connectivity index (χ2v) is 10.2. The molecule has 1 unspecified atom stereocenters. The van der Waals surface area contributed by atoms with Gasteiger partial charge in [0.05, 0.1) is 0 Å². The quantitative estimate of drug-likeness (QED) is 0.586. The van der Waals surface area contributed by atoms with Crippen molar-refractivity contribution in [3.05, 3.63) is 71.3 Å². The first-order valence-electron chi connectivity index (χ1n) is 11.5. The minimum absolute atomic E-state index is 0.306. The molecule has 0 aromatic heterocycles. The molecule has 0 heterocycles. The van der Waals surface area contributed by atoms with E-state index in [-0.39, 0.29) is 12.5 Å². The van der Waals surface area contributed by atoms with E-state index in [0.29, 0.717) is 17.7 Å². The largest absolute Gasteiger partial charge is 0.444 e. The van der Waals surface area contributed by atoms with E-state index in [9.17, 15) is 14.4 Å². The molecule has 186 valence electrons. The molecule has 2 rings (SSSR count). The van der Waals surface area contributed by atoms with Crippen LogP contribution < -0.4 is 10.6 Å². The SMILES string of the molecule is C#Cc1ccc(C(C(=O)NCc2ccccc2)N(C(=O)CNC(=O)OC(C)(C)C)C(C)(C)C)cc1. The third-order valence-electron chi connectivity index (χ3n) is 4.98. The lowest BCUT2D eigenvalue weighted by Gasteiger charge is -2.41. The van der Waals surface area contributed by atoms with Gasteiger partial charge in [0.25, 0.3) is 0 Å². The number of carbonyl (C=O) groups is 3. The maximum atomic E-state index is 13.5. The number of terminal acetylenes is 1. The van der Waals surface area contributed by atoms with Gasteiger partial charge in [-0.1, -0.05) is 48.4 Å². The summed E-state index contributed by atoms with van der Waals surface area (Å²) in [6.07, 6.45) is 4.79. The summed E-state index contributed by atoms with van der Waals surface area (Å²) >= 11 is 0. The van der Waals surface area contributed by atoms with Gasteiger partial charge < -0.3 is 20.3 Å². The van der Waals surface area contributed by atoms with E-state index in [2.05, 4.69) is 16.6 Å². The van der Waals surface area contributed by atoms with Crippen LogP contribution in [0.2, 0.25) is 0 Å². The van der Waals surface area contributed by atoms with Gasteiger partial charge in [0, 0.05) is 17.6 Å². The number of carbonyl (C=O) groups excluding carboxylic acids is 3. The van der Waals surface area contributed by atoms with Crippen molar-refractivity contribution in [3.63, 3.8) is 0 Å². The van der Waals surface area contributed by atoms with Crippen LogP contribution in [0.15, 0.2) is 54.6 Å². The Kier molecular flexibility index (Phi) is 9.07. The number of amides is 3. The zero-order valence-corrected chi connectivity index (χ0v) is 21.3. The molecule has 0 radical (unpaired) electrons. The van der Waals surface area contributed by atoms with Gasteiger partial charge in [-0.2, -0.15) is 0 Å². The molecule has 35 heavy (non-hydrogen) atoms. The Morgan fingerprint density at radius 3 is 2.06 bits per heavy atom. The highest BCUT2D eigenvalue weighted by molar-refractivity contribution is 5.91. The Morgan fingerprint density at radius 1 is 0.943 bits per heavy atom. The Bertz CT molecular complexity index is 1060. The lowest BCUT2D eigenvalue weighted by atomic mass is 9.96. The monoisotopic (exact) mass is 477 g/mol. The lowest BCUT2D eigenvalue weighted by Crippen LogP contribution is -2.55. The molecule has 2 N–H and O–H groups in total. The van der Waals surface area contributed by atoms with Crippen LogP contribution >= 0.6 is 0 Å². The smallest absolute Gasteiger partial charge is 0.408 e. The normalized spacial score (nSPS) is 12.1. The number of hydrogen-bond acceptors (Lipinski definition) is 4. The van der Waals surface area contributed by atoms with Crippen molar-refractivity contribution in [2.45, 2.75) is 65.3 Å². The van der Waals surface area contributed by atoms with Gasteiger partial charge in [-0.25, -0.2) is 4.79 Å². The summed E-state index contributed by atoms with van der Waals surface area (Å²) < 4.78 is 5.24. The van der Waals surface area contributed by atoms with Crippen molar-refractivity contribution in [2.75, 3.05) is 6.54 Å². The summed E-state index contributed by atoms with van der Waals surface area (Å²) in [5.74, 6) is 1.79. The molecule has 0 saturated heterocycles. The second kappa shape index (κ2) is 11.6. The highest BCUT2D eigenvalue weighted by Crippen LogP contribution is 2.29. The molecule has 0 bridgehead atoms. The number of hydrogen-bond donors (Lipinski definition) is 2. The molecule has 7 heteroatoms. The van der Waals surface area contributed by atoms with Crippen molar-refractivity contribution in [1.82, 2.24) is 15.5 Å². The van der Waals surface area contributed by atoms with Gasteiger partial charge >= 0.3 is 6.09 Å². The van der Waals surface area contributed by atoms with E-state index in [1.54, 1.807) is 45.0 Å². The van der Waals surface area contributed by atoms with Crippen LogP contribution in [-0.2, 0) is 20.9 Å². The molecule has 0 aliphatic rings. The number of ether oxygens (including phenoxy) is 1.